The van der Waals surface area contributed by atoms with E-state index in [9.17, 15) is 13.6 Å². The summed E-state index contributed by atoms with van der Waals surface area (Å²) in [4.78, 5) is 16.8. The van der Waals surface area contributed by atoms with Crippen LogP contribution < -0.4 is 5.32 Å². The molecule has 1 saturated carbocycles. The van der Waals surface area contributed by atoms with Gasteiger partial charge in [-0.3, -0.25) is 14.8 Å². The third kappa shape index (κ3) is 2.99. The molecule has 0 radical (unpaired) electrons. The minimum Gasteiger partial charge on any atom is -0.313 e. The van der Waals surface area contributed by atoms with Crippen molar-refractivity contribution in [3.8, 4) is 0 Å². The van der Waals surface area contributed by atoms with Gasteiger partial charge in [-0.25, -0.2) is 13.8 Å². The van der Waals surface area contributed by atoms with Crippen molar-refractivity contribution in [1.29, 1.82) is 0 Å². The highest BCUT2D eigenvalue weighted by Gasteiger charge is 2.30. The van der Waals surface area contributed by atoms with Crippen molar-refractivity contribution in [2.24, 2.45) is 7.05 Å². The number of hydrogen-bond donors (Lipinski definition) is 1. The van der Waals surface area contributed by atoms with Gasteiger partial charge < -0.3 is 4.57 Å². The summed E-state index contributed by atoms with van der Waals surface area (Å²) in [6.07, 6.45) is -0.747. The first-order valence-corrected chi connectivity index (χ1v) is 8.10. The van der Waals surface area contributed by atoms with Crippen LogP contribution in [0, 0.1) is 0 Å². The quantitative estimate of drug-likeness (QED) is 0.772. The third-order valence-electron chi connectivity index (χ3n) is 4.38. The minimum absolute atomic E-state index is 0.109. The van der Waals surface area contributed by atoms with Crippen LogP contribution in [0.4, 0.5) is 14.7 Å². The lowest BCUT2D eigenvalue weighted by Gasteiger charge is -2.08. The van der Waals surface area contributed by atoms with Crippen LogP contribution in [-0.2, 0) is 18.4 Å². The number of rotatable bonds is 5. The Morgan fingerprint density at radius 1 is 1.36 bits per heavy atom. The molecule has 0 unspecified atom stereocenters. The number of carbonyl (C=O) groups is 1. The van der Waals surface area contributed by atoms with Gasteiger partial charge in [-0.05, 0) is 31.0 Å². The number of fused-ring (bicyclic) bond motifs is 1. The predicted octanol–water partition coefficient (Wildman–Crippen LogP) is 3.22. The fourth-order valence-corrected chi connectivity index (χ4v) is 2.95. The van der Waals surface area contributed by atoms with Crippen molar-refractivity contribution in [3.63, 3.8) is 0 Å². The topological polar surface area (TPSA) is 64.7 Å². The number of halogens is 2. The second-order valence-corrected chi connectivity index (χ2v) is 6.26. The maximum atomic E-state index is 12.9. The summed E-state index contributed by atoms with van der Waals surface area (Å²) in [7, 11) is 1.81. The standard InChI is InChI=1S/C17H17F2N5O/c1-23-13-5-3-2-4-11(13)20-17(23)21-15(25)9-24-14(10-6-7-10)8-12(22-24)16(18)19/h2-5,8,10,16H,6-7,9H2,1H3,(H,20,21,25). The van der Waals surface area contributed by atoms with Crippen LogP contribution >= 0.6 is 0 Å². The number of benzene rings is 1. The number of hydrogen-bond acceptors (Lipinski definition) is 3. The lowest BCUT2D eigenvalue weighted by Crippen LogP contribution is -2.22. The van der Waals surface area contributed by atoms with Gasteiger partial charge in [0.25, 0.3) is 6.43 Å². The van der Waals surface area contributed by atoms with Gasteiger partial charge in [-0.15, -0.1) is 0 Å². The predicted molar refractivity (Wildman–Crippen MR) is 88.5 cm³/mol. The highest BCUT2D eigenvalue weighted by Crippen LogP contribution is 2.41. The Morgan fingerprint density at radius 3 is 2.80 bits per heavy atom. The van der Waals surface area contributed by atoms with Gasteiger partial charge >= 0.3 is 0 Å². The number of para-hydroxylation sites is 2. The van der Waals surface area contributed by atoms with Gasteiger partial charge in [-0.1, -0.05) is 12.1 Å². The second-order valence-electron chi connectivity index (χ2n) is 6.26. The van der Waals surface area contributed by atoms with Crippen LogP contribution in [0.1, 0.15) is 36.6 Å². The van der Waals surface area contributed by atoms with Crippen molar-refractivity contribution in [2.75, 3.05) is 5.32 Å². The van der Waals surface area contributed by atoms with E-state index >= 15 is 0 Å². The summed E-state index contributed by atoms with van der Waals surface area (Å²) in [6.45, 7) is -0.109. The van der Waals surface area contributed by atoms with E-state index in [1.807, 2.05) is 31.3 Å². The molecule has 6 nitrogen and oxygen atoms in total. The van der Waals surface area contributed by atoms with E-state index in [4.69, 9.17) is 0 Å². The van der Waals surface area contributed by atoms with E-state index in [2.05, 4.69) is 15.4 Å². The average Bonchev–Trinajstić information content (AvgIpc) is 3.27. The Kier molecular flexibility index (Phi) is 3.74. The summed E-state index contributed by atoms with van der Waals surface area (Å²) in [5, 5.41) is 6.63. The number of nitrogens with one attached hydrogen (secondary N) is 1. The molecule has 1 fully saturated rings. The summed E-state index contributed by atoms with van der Waals surface area (Å²) in [6, 6.07) is 8.94. The molecule has 25 heavy (non-hydrogen) atoms. The Morgan fingerprint density at radius 2 is 2.12 bits per heavy atom. The molecule has 0 aliphatic heterocycles. The molecular weight excluding hydrogens is 328 g/mol. The van der Waals surface area contributed by atoms with Gasteiger partial charge in [-0.2, -0.15) is 5.10 Å². The summed E-state index contributed by atoms with van der Waals surface area (Å²) >= 11 is 0. The zero-order chi connectivity index (χ0) is 17.6. The molecule has 1 aliphatic carbocycles. The molecule has 0 saturated heterocycles. The number of aryl methyl sites for hydroxylation is 1. The molecule has 1 amide bonds. The summed E-state index contributed by atoms with van der Waals surface area (Å²) < 4.78 is 29.0. The zero-order valence-corrected chi connectivity index (χ0v) is 13.6. The van der Waals surface area contributed by atoms with Gasteiger partial charge in [0.2, 0.25) is 11.9 Å². The first-order valence-electron chi connectivity index (χ1n) is 8.10. The lowest BCUT2D eigenvalue weighted by atomic mass is 10.2. The van der Waals surface area contributed by atoms with E-state index in [0.29, 0.717) is 11.6 Å². The molecule has 130 valence electrons. The van der Waals surface area contributed by atoms with Crippen LogP contribution in [-0.4, -0.2) is 25.2 Å². The lowest BCUT2D eigenvalue weighted by molar-refractivity contribution is -0.117. The van der Waals surface area contributed by atoms with Crippen LogP contribution in [0.5, 0.6) is 0 Å². The Balaban J connectivity index is 1.55. The van der Waals surface area contributed by atoms with E-state index in [0.717, 1.165) is 23.9 Å². The summed E-state index contributed by atoms with van der Waals surface area (Å²) in [5.41, 5.74) is 2.10. The molecule has 1 aliphatic rings. The van der Waals surface area contributed by atoms with E-state index in [1.165, 1.54) is 10.7 Å². The molecule has 0 spiro atoms. The molecule has 3 aromatic rings. The van der Waals surface area contributed by atoms with Crippen molar-refractivity contribution in [1.82, 2.24) is 19.3 Å². The maximum Gasteiger partial charge on any atom is 0.282 e. The SMILES string of the molecule is Cn1c(NC(=O)Cn2nc(C(F)F)cc2C2CC2)nc2ccccc21. The average molecular weight is 345 g/mol. The molecule has 8 heteroatoms. The Labute approximate surface area is 142 Å². The molecule has 1 aromatic carbocycles. The zero-order valence-electron chi connectivity index (χ0n) is 13.6. The number of carbonyl (C=O) groups excluding carboxylic acids is 1. The Hall–Kier alpha value is -2.77. The summed E-state index contributed by atoms with van der Waals surface area (Å²) in [5.74, 6) is 0.299. The highest BCUT2D eigenvalue weighted by atomic mass is 19.3. The first-order chi connectivity index (χ1) is 12.0. The third-order valence-corrected chi connectivity index (χ3v) is 4.38. The van der Waals surface area contributed by atoms with Crippen LogP contribution in [0.25, 0.3) is 11.0 Å². The smallest absolute Gasteiger partial charge is 0.282 e. The fraction of sp³-hybridized carbons (Fsp3) is 0.353. The Bertz CT molecular complexity index is 942. The number of nitrogens with zero attached hydrogens (tertiary/aromatic N) is 4. The number of alkyl halides is 2. The molecule has 0 atom stereocenters. The molecule has 0 bridgehead atoms. The molecule has 4 rings (SSSR count). The molecule has 2 aromatic heterocycles. The first kappa shape index (κ1) is 15.7. The molecule has 1 N–H and O–H groups in total. The second kappa shape index (κ2) is 5.94. The minimum atomic E-state index is -2.64. The number of aromatic nitrogens is 4. The number of amides is 1. The van der Waals surface area contributed by atoms with Crippen LogP contribution in [0.2, 0.25) is 0 Å². The van der Waals surface area contributed by atoms with E-state index in [1.54, 1.807) is 4.57 Å². The van der Waals surface area contributed by atoms with Gasteiger partial charge in [0.05, 0.1) is 11.0 Å². The van der Waals surface area contributed by atoms with Crippen molar-refractivity contribution in [3.05, 3.63) is 41.7 Å². The van der Waals surface area contributed by atoms with Gasteiger partial charge in [0.1, 0.15) is 12.2 Å². The van der Waals surface area contributed by atoms with Crippen molar-refractivity contribution in [2.45, 2.75) is 31.7 Å². The van der Waals surface area contributed by atoms with Crippen molar-refractivity contribution < 1.29 is 13.6 Å². The number of anilines is 1. The number of imidazole rings is 1. The van der Waals surface area contributed by atoms with Crippen LogP contribution in [0.15, 0.2) is 30.3 Å². The highest BCUT2D eigenvalue weighted by molar-refractivity contribution is 5.91. The molecule has 2 heterocycles. The van der Waals surface area contributed by atoms with Gasteiger partial charge in [0, 0.05) is 18.7 Å². The van der Waals surface area contributed by atoms with E-state index < -0.39 is 6.43 Å². The molecular formula is C17H17F2N5O. The normalized spacial score (nSPS) is 14.4. The fourth-order valence-electron chi connectivity index (χ4n) is 2.95. The maximum absolute atomic E-state index is 12.9. The van der Waals surface area contributed by atoms with Crippen LogP contribution in [0.3, 0.4) is 0 Å². The van der Waals surface area contributed by atoms with Gasteiger partial charge in [0.15, 0.2) is 0 Å². The van der Waals surface area contributed by atoms with E-state index in [-0.39, 0.29) is 24.1 Å². The largest absolute Gasteiger partial charge is 0.313 e. The van der Waals surface area contributed by atoms with Crippen molar-refractivity contribution >= 4 is 22.9 Å². The monoisotopic (exact) mass is 345 g/mol.